The van der Waals surface area contributed by atoms with E-state index in [9.17, 15) is 4.79 Å². The number of nitrogens with two attached hydrogens (primary N) is 1. The molecule has 1 heterocycles. The van der Waals surface area contributed by atoms with E-state index in [0.29, 0.717) is 6.42 Å². The minimum absolute atomic E-state index is 0.0676. The zero-order valence-corrected chi connectivity index (χ0v) is 10.7. The van der Waals surface area contributed by atoms with Gasteiger partial charge < -0.3 is 16.0 Å². The minimum atomic E-state index is 0.0676. The zero-order valence-electron chi connectivity index (χ0n) is 10.7. The summed E-state index contributed by atoms with van der Waals surface area (Å²) in [5.41, 5.74) is 8.73. The predicted octanol–water partition coefficient (Wildman–Crippen LogP) is 1.10. The second-order valence-corrected chi connectivity index (χ2v) is 5.27. The van der Waals surface area contributed by atoms with Gasteiger partial charge in [0.05, 0.1) is 23.8 Å². The number of imidazole rings is 1. The van der Waals surface area contributed by atoms with Crippen LogP contribution in [-0.4, -0.2) is 28.0 Å². The largest absolute Gasteiger partial charge is 0.353 e. The van der Waals surface area contributed by atoms with E-state index in [0.717, 1.165) is 35.9 Å². The van der Waals surface area contributed by atoms with Crippen LogP contribution in [0.2, 0.25) is 0 Å². The number of hydrogen-bond acceptors (Lipinski definition) is 3. The first-order chi connectivity index (χ1) is 9.20. The molecule has 0 saturated heterocycles. The van der Waals surface area contributed by atoms with Gasteiger partial charge in [0.1, 0.15) is 0 Å². The van der Waals surface area contributed by atoms with Crippen molar-refractivity contribution in [1.29, 1.82) is 0 Å². The number of aromatic nitrogens is 2. The number of fused-ring (bicyclic) bond motifs is 1. The number of nitrogens with one attached hydrogen (secondary N) is 2. The Bertz CT molecular complexity index is 592. The SMILES string of the molecule is NC1CCC(NC(=O)Cc2ccc3nc[nH]c3c2)C1. The van der Waals surface area contributed by atoms with Crippen LogP contribution < -0.4 is 11.1 Å². The van der Waals surface area contributed by atoms with Crippen molar-refractivity contribution in [1.82, 2.24) is 15.3 Å². The van der Waals surface area contributed by atoms with Gasteiger partial charge in [0.2, 0.25) is 5.91 Å². The first-order valence-electron chi connectivity index (χ1n) is 6.67. The van der Waals surface area contributed by atoms with E-state index in [1.165, 1.54) is 0 Å². The molecule has 1 aliphatic carbocycles. The van der Waals surface area contributed by atoms with Crippen LogP contribution in [0.1, 0.15) is 24.8 Å². The average Bonchev–Trinajstić information content (AvgIpc) is 2.97. The molecule has 1 fully saturated rings. The highest BCUT2D eigenvalue weighted by molar-refractivity contribution is 5.81. The molecule has 5 nitrogen and oxygen atoms in total. The van der Waals surface area contributed by atoms with Crippen molar-refractivity contribution in [3.05, 3.63) is 30.1 Å². The van der Waals surface area contributed by atoms with Crippen molar-refractivity contribution in [2.75, 3.05) is 0 Å². The van der Waals surface area contributed by atoms with Gasteiger partial charge in [-0.3, -0.25) is 4.79 Å². The molecule has 3 rings (SSSR count). The van der Waals surface area contributed by atoms with Crippen LogP contribution in [-0.2, 0) is 11.2 Å². The Hall–Kier alpha value is -1.88. The third kappa shape index (κ3) is 2.76. The molecule has 1 aromatic heterocycles. The fraction of sp³-hybridized carbons (Fsp3) is 0.429. The quantitative estimate of drug-likeness (QED) is 0.771. The van der Waals surface area contributed by atoms with Gasteiger partial charge in [0, 0.05) is 12.1 Å². The Morgan fingerprint density at radius 2 is 2.37 bits per heavy atom. The van der Waals surface area contributed by atoms with Gasteiger partial charge in [-0.25, -0.2) is 4.98 Å². The van der Waals surface area contributed by atoms with Crippen molar-refractivity contribution in [2.24, 2.45) is 5.73 Å². The lowest BCUT2D eigenvalue weighted by Crippen LogP contribution is -2.35. The number of rotatable bonds is 3. The monoisotopic (exact) mass is 258 g/mol. The van der Waals surface area contributed by atoms with Gasteiger partial charge in [-0.05, 0) is 37.0 Å². The normalized spacial score (nSPS) is 22.8. The van der Waals surface area contributed by atoms with Crippen molar-refractivity contribution >= 4 is 16.9 Å². The topological polar surface area (TPSA) is 83.8 Å². The van der Waals surface area contributed by atoms with Crippen LogP contribution >= 0.6 is 0 Å². The van der Waals surface area contributed by atoms with Crippen LogP contribution in [0.5, 0.6) is 0 Å². The van der Waals surface area contributed by atoms with E-state index >= 15 is 0 Å². The third-order valence-corrected chi connectivity index (χ3v) is 3.69. The summed E-state index contributed by atoms with van der Waals surface area (Å²) in [6, 6.07) is 6.34. The molecule has 1 aromatic carbocycles. The lowest BCUT2D eigenvalue weighted by molar-refractivity contribution is -0.121. The van der Waals surface area contributed by atoms with Crippen LogP contribution in [0.15, 0.2) is 24.5 Å². The second-order valence-electron chi connectivity index (χ2n) is 5.27. The summed E-state index contributed by atoms with van der Waals surface area (Å²) < 4.78 is 0. The molecule has 0 bridgehead atoms. The number of benzene rings is 1. The molecule has 2 atom stereocenters. The van der Waals surface area contributed by atoms with Gasteiger partial charge in [-0.15, -0.1) is 0 Å². The number of amides is 1. The number of carbonyl (C=O) groups excluding carboxylic acids is 1. The summed E-state index contributed by atoms with van der Waals surface area (Å²) in [4.78, 5) is 19.2. The maximum Gasteiger partial charge on any atom is 0.224 e. The molecule has 4 N–H and O–H groups in total. The lowest BCUT2D eigenvalue weighted by atomic mass is 10.1. The number of hydrogen-bond donors (Lipinski definition) is 3. The smallest absolute Gasteiger partial charge is 0.224 e. The molecular weight excluding hydrogens is 240 g/mol. The summed E-state index contributed by atoms with van der Waals surface area (Å²) in [6.45, 7) is 0. The van der Waals surface area contributed by atoms with Crippen LogP contribution in [0.4, 0.5) is 0 Å². The first-order valence-corrected chi connectivity index (χ1v) is 6.67. The molecular formula is C14H18N4O. The number of nitrogens with zero attached hydrogens (tertiary/aromatic N) is 1. The molecule has 5 heteroatoms. The standard InChI is InChI=1S/C14H18N4O/c15-10-2-3-11(7-10)18-14(19)6-9-1-4-12-13(5-9)17-8-16-12/h1,4-5,8,10-11H,2-3,6-7,15H2,(H,16,17)(H,18,19). The molecule has 100 valence electrons. The van der Waals surface area contributed by atoms with Crippen LogP contribution in [0.25, 0.3) is 11.0 Å². The summed E-state index contributed by atoms with van der Waals surface area (Å²) in [7, 11) is 0. The molecule has 1 amide bonds. The number of aromatic amines is 1. The summed E-state index contributed by atoms with van der Waals surface area (Å²) in [5.74, 6) is 0.0676. The van der Waals surface area contributed by atoms with E-state index in [1.54, 1.807) is 6.33 Å². The zero-order chi connectivity index (χ0) is 13.2. The molecule has 2 aromatic rings. The van der Waals surface area contributed by atoms with Gasteiger partial charge >= 0.3 is 0 Å². The van der Waals surface area contributed by atoms with E-state index in [4.69, 9.17) is 5.73 Å². The van der Waals surface area contributed by atoms with Crippen LogP contribution in [0, 0.1) is 0 Å². The van der Waals surface area contributed by atoms with Crippen molar-refractivity contribution < 1.29 is 4.79 Å². The highest BCUT2D eigenvalue weighted by Crippen LogP contribution is 2.17. The van der Waals surface area contributed by atoms with E-state index in [2.05, 4.69) is 15.3 Å². The highest BCUT2D eigenvalue weighted by atomic mass is 16.1. The molecule has 19 heavy (non-hydrogen) atoms. The molecule has 1 saturated carbocycles. The maximum atomic E-state index is 12.0. The van der Waals surface area contributed by atoms with Crippen molar-refractivity contribution in [3.63, 3.8) is 0 Å². The van der Waals surface area contributed by atoms with E-state index in [-0.39, 0.29) is 18.0 Å². The van der Waals surface area contributed by atoms with E-state index in [1.807, 2.05) is 18.2 Å². The van der Waals surface area contributed by atoms with Gasteiger partial charge in [0.25, 0.3) is 0 Å². The van der Waals surface area contributed by atoms with Gasteiger partial charge in [-0.1, -0.05) is 6.07 Å². The second kappa shape index (κ2) is 5.01. The molecule has 2 unspecified atom stereocenters. The third-order valence-electron chi connectivity index (χ3n) is 3.69. The average molecular weight is 258 g/mol. The minimum Gasteiger partial charge on any atom is -0.353 e. The fourth-order valence-corrected chi connectivity index (χ4v) is 2.70. The molecule has 0 radical (unpaired) electrons. The van der Waals surface area contributed by atoms with E-state index < -0.39 is 0 Å². The number of carbonyl (C=O) groups is 1. The Morgan fingerprint density at radius 3 is 3.16 bits per heavy atom. The Labute approximate surface area is 111 Å². The Balaban J connectivity index is 1.62. The summed E-state index contributed by atoms with van der Waals surface area (Å²) >= 11 is 0. The van der Waals surface area contributed by atoms with Crippen LogP contribution in [0.3, 0.4) is 0 Å². The highest BCUT2D eigenvalue weighted by Gasteiger charge is 2.22. The Kier molecular flexibility index (Phi) is 3.21. The number of H-pyrrole nitrogens is 1. The van der Waals surface area contributed by atoms with Crippen molar-refractivity contribution in [2.45, 2.75) is 37.8 Å². The summed E-state index contributed by atoms with van der Waals surface area (Å²) in [5, 5.41) is 3.05. The van der Waals surface area contributed by atoms with Crippen molar-refractivity contribution in [3.8, 4) is 0 Å². The Morgan fingerprint density at radius 1 is 1.47 bits per heavy atom. The fourth-order valence-electron chi connectivity index (χ4n) is 2.70. The van der Waals surface area contributed by atoms with Gasteiger partial charge in [0.15, 0.2) is 0 Å². The molecule has 0 spiro atoms. The van der Waals surface area contributed by atoms with Gasteiger partial charge in [-0.2, -0.15) is 0 Å². The molecule has 1 aliphatic rings. The lowest BCUT2D eigenvalue weighted by Gasteiger charge is -2.12. The predicted molar refractivity (Wildman–Crippen MR) is 73.6 cm³/mol. The molecule has 0 aliphatic heterocycles. The first kappa shape index (κ1) is 12.2. The summed E-state index contributed by atoms with van der Waals surface area (Å²) in [6.07, 6.45) is 4.96. The maximum absolute atomic E-state index is 12.0.